The molecule has 0 amide bonds. The molecule has 130 valence electrons. The summed E-state index contributed by atoms with van der Waals surface area (Å²) in [4.78, 5) is 4.39. The highest BCUT2D eigenvalue weighted by Crippen LogP contribution is 2.11. The summed E-state index contributed by atoms with van der Waals surface area (Å²) in [7, 11) is 0. The number of hydrogen-bond acceptors (Lipinski definition) is 2. The maximum Gasteiger partial charge on any atom is 0.191 e. The van der Waals surface area contributed by atoms with E-state index in [4.69, 9.17) is 16.9 Å². The molecule has 0 atom stereocenters. The maximum atomic E-state index is 13.8. The van der Waals surface area contributed by atoms with Crippen LogP contribution < -0.4 is 10.6 Å². The van der Waals surface area contributed by atoms with Crippen molar-refractivity contribution in [2.24, 2.45) is 4.99 Å². The zero-order chi connectivity index (χ0) is 18.1. The Morgan fingerprint density at radius 2 is 1.96 bits per heavy atom. The van der Waals surface area contributed by atoms with Gasteiger partial charge in [-0.3, -0.25) is 0 Å². The summed E-state index contributed by atoms with van der Waals surface area (Å²) in [6.45, 7) is 3.52. The van der Waals surface area contributed by atoms with Gasteiger partial charge in [-0.25, -0.2) is 9.38 Å². The molecule has 2 N–H and O–H groups in total. The van der Waals surface area contributed by atoms with E-state index in [1.54, 1.807) is 0 Å². The van der Waals surface area contributed by atoms with E-state index in [9.17, 15) is 4.39 Å². The predicted molar refractivity (Wildman–Crippen MR) is 99.1 cm³/mol. The summed E-state index contributed by atoms with van der Waals surface area (Å²) in [5, 5.41) is 16.0. The van der Waals surface area contributed by atoms with Crippen LogP contribution in [0, 0.1) is 17.1 Å². The lowest BCUT2D eigenvalue weighted by Crippen LogP contribution is -2.38. The molecule has 0 saturated heterocycles. The number of benzene rings is 2. The molecule has 6 heteroatoms. The quantitative estimate of drug-likeness (QED) is 0.612. The van der Waals surface area contributed by atoms with Gasteiger partial charge in [-0.15, -0.1) is 0 Å². The minimum absolute atomic E-state index is 0.164. The van der Waals surface area contributed by atoms with Crippen LogP contribution in [0.15, 0.2) is 47.5 Å². The first-order valence-corrected chi connectivity index (χ1v) is 8.45. The van der Waals surface area contributed by atoms with Gasteiger partial charge in [0, 0.05) is 23.7 Å². The molecule has 0 fully saturated rings. The topological polar surface area (TPSA) is 60.2 Å². The van der Waals surface area contributed by atoms with Crippen LogP contribution in [0.5, 0.6) is 0 Å². The Labute approximate surface area is 152 Å². The number of hydrogen-bond donors (Lipinski definition) is 2. The zero-order valence-corrected chi connectivity index (χ0v) is 14.8. The van der Waals surface area contributed by atoms with E-state index in [-0.39, 0.29) is 12.4 Å². The molecule has 0 aliphatic rings. The minimum Gasteiger partial charge on any atom is -0.357 e. The Hall–Kier alpha value is -2.58. The van der Waals surface area contributed by atoms with Crippen LogP contribution in [-0.4, -0.2) is 19.0 Å². The third-order valence-corrected chi connectivity index (χ3v) is 3.80. The lowest BCUT2D eigenvalue weighted by molar-refractivity contribution is 0.610. The molecule has 2 rings (SSSR count). The molecule has 0 bridgehead atoms. The van der Waals surface area contributed by atoms with Crippen molar-refractivity contribution in [3.63, 3.8) is 0 Å². The van der Waals surface area contributed by atoms with Crippen molar-refractivity contribution in [2.45, 2.75) is 19.9 Å². The second kappa shape index (κ2) is 9.65. The Morgan fingerprint density at radius 3 is 2.64 bits per heavy atom. The van der Waals surface area contributed by atoms with Gasteiger partial charge in [0.15, 0.2) is 5.96 Å². The molecule has 2 aromatic carbocycles. The molecule has 0 aliphatic heterocycles. The van der Waals surface area contributed by atoms with Crippen molar-refractivity contribution in [2.75, 3.05) is 13.1 Å². The van der Waals surface area contributed by atoms with Gasteiger partial charge in [-0.1, -0.05) is 23.7 Å². The fourth-order valence-corrected chi connectivity index (χ4v) is 2.37. The Bertz CT molecular complexity index is 766. The predicted octanol–water partition coefficient (Wildman–Crippen LogP) is 3.65. The maximum absolute atomic E-state index is 13.8. The zero-order valence-electron chi connectivity index (χ0n) is 14.0. The smallest absolute Gasteiger partial charge is 0.191 e. The third kappa shape index (κ3) is 6.09. The first kappa shape index (κ1) is 18.8. The molecule has 0 unspecified atom stereocenters. The second-order valence-corrected chi connectivity index (χ2v) is 5.85. The molecule has 0 saturated carbocycles. The Morgan fingerprint density at radius 1 is 1.20 bits per heavy atom. The first-order valence-electron chi connectivity index (χ1n) is 8.07. The molecule has 4 nitrogen and oxygen atoms in total. The number of nitrogens with one attached hydrogen (secondary N) is 2. The minimum atomic E-state index is -0.361. The first-order chi connectivity index (χ1) is 12.1. The number of nitriles is 1. The van der Waals surface area contributed by atoms with E-state index in [1.165, 1.54) is 23.8 Å². The largest absolute Gasteiger partial charge is 0.357 e. The van der Waals surface area contributed by atoms with Crippen LogP contribution in [0.25, 0.3) is 0 Å². The van der Waals surface area contributed by atoms with Crippen LogP contribution in [0.2, 0.25) is 5.02 Å². The lowest BCUT2D eigenvalue weighted by Gasteiger charge is -2.11. The highest BCUT2D eigenvalue weighted by Gasteiger charge is 2.04. The van der Waals surface area contributed by atoms with Crippen molar-refractivity contribution < 1.29 is 4.39 Å². The van der Waals surface area contributed by atoms with E-state index in [0.717, 1.165) is 6.42 Å². The van der Waals surface area contributed by atoms with Crippen molar-refractivity contribution in [1.82, 2.24) is 10.6 Å². The molecular weight excluding hydrogens is 339 g/mol. The number of rotatable bonds is 6. The Balaban J connectivity index is 1.96. The van der Waals surface area contributed by atoms with E-state index >= 15 is 0 Å². The van der Waals surface area contributed by atoms with Crippen molar-refractivity contribution in [3.05, 3.63) is 70.0 Å². The molecule has 0 heterocycles. The molecule has 0 aliphatic carbocycles. The summed E-state index contributed by atoms with van der Waals surface area (Å²) in [6, 6.07) is 14.0. The fraction of sp³-hybridized carbons (Fsp3) is 0.263. The summed E-state index contributed by atoms with van der Waals surface area (Å²) in [5.41, 5.74) is 1.99. The molecular formula is C19H20ClFN4. The van der Waals surface area contributed by atoms with Crippen LogP contribution in [0.4, 0.5) is 4.39 Å². The fourth-order valence-electron chi connectivity index (χ4n) is 2.25. The standard InChI is InChI=1S/C19H20ClFN4/c1-2-23-19(24-10-9-14-3-6-17(20)7-4-14)25-13-16-11-15(12-22)5-8-18(16)21/h3-8,11H,2,9-10,13H2,1H3,(H2,23,24,25). The highest BCUT2D eigenvalue weighted by atomic mass is 35.5. The molecule has 2 aromatic rings. The average Bonchev–Trinajstić information content (AvgIpc) is 2.62. The molecule has 0 aromatic heterocycles. The summed E-state index contributed by atoms with van der Waals surface area (Å²) in [6.07, 6.45) is 0.819. The van der Waals surface area contributed by atoms with Gasteiger partial charge in [0.2, 0.25) is 0 Å². The van der Waals surface area contributed by atoms with Crippen LogP contribution in [-0.2, 0) is 13.0 Å². The second-order valence-electron chi connectivity index (χ2n) is 5.42. The highest BCUT2D eigenvalue weighted by molar-refractivity contribution is 6.30. The number of halogens is 2. The number of nitrogens with zero attached hydrogens (tertiary/aromatic N) is 2. The van der Waals surface area contributed by atoms with Crippen molar-refractivity contribution in [3.8, 4) is 6.07 Å². The van der Waals surface area contributed by atoms with Crippen LogP contribution >= 0.6 is 11.6 Å². The average molecular weight is 359 g/mol. The molecule has 25 heavy (non-hydrogen) atoms. The van der Waals surface area contributed by atoms with Crippen molar-refractivity contribution in [1.29, 1.82) is 5.26 Å². The third-order valence-electron chi connectivity index (χ3n) is 3.55. The van der Waals surface area contributed by atoms with Gasteiger partial charge < -0.3 is 10.6 Å². The van der Waals surface area contributed by atoms with E-state index in [0.29, 0.717) is 35.2 Å². The molecule has 0 radical (unpaired) electrons. The van der Waals surface area contributed by atoms with Gasteiger partial charge in [-0.2, -0.15) is 5.26 Å². The van der Waals surface area contributed by atoms with Gasteiger partial charge in [0.1, 0.15) is 5.82 Å². The summed E-state index contributed by atoms with van der Waals surface area (Å²) >= 11 is 5.88. The van der Waals surface area contributed by atoms with Gasteiger partial charge in [0.05, 0.1) is 18.2 Å². The molecule has 0 spiro atoms. The normalized spacial score (nSPS) is 11.0. The lowest BCUT2D eigenvalue weighted by atomic mass is 10.1. The van der Waals surface area contributed by atoms with Gasteiger partial charge in [0.25, 0.3) is 0 Å². The van der Waals surface area contributed by atoms with E-state index < -0.39 is 0 Å². The van der Waals surface area contributed by atoms with E-state index in [2.05, 4.69) is 15.6 Å². The SMILES string of the molecule is CCNC(=NCc1cc(C#N)ccc1F)NCCc1ccc(Cl)cc1. The van der Waals surface area contributed by atoms with Gasteiger partial charge in [-0.05, 0) is 49.2 Å². The number of aliphatic imine (C=N–C) groups is 1. The van der Waals surface area contributed by atoms with Crippen molar-refractivity contribution >= 4 is 17.6 Å². The number of guanidine groups is 1. The van der Waals surface area contributed by atoms with Gasteiger partial charge >= 0.3 is 0 Å². The van der Waals surface area contributed by atoms with Crippen LogP contribution in [0.1, 0.15) is 23.6 Å². The summed E-state index contributed by atoms with van der Waals surface area (Å²) < 4.78 is 13.8. The van der Waals surface area contributed by atoms with E-state index in [1.807, 2.05) is 37.3 Å². The Kier molecular flexibility index (Phi) is 7.24. The summed E-state index contributed by atoms with van der Waals surface area (Å²) in [5.74, 6) is 0.248. The van der Waals surface area contributed by atoms with Crippen LogP contribution in [0.3, 0.4) is 0 Å². The monoisotopic (exact) mass is 358 g/mol.